The van der Waals surface area contributed by atoms with Gasteiger partial charge >= 0.3 is 0 Å². The van der Waals surface area contributed by atoms with Gasteiger partial charge in [0.05, 0.1) is 17.2 Å². The van der Waals surface area contributed by atoms with Crippen LogP contribution in [0, 0.1) is 10.1 Å². The summed E-state index contributed by atoms with van der Waals surface area (Å²) in [6.45, 7) is 3.23. The number of carbonyl (C=O) groups excluding carboxylic acids is 1. The Kier molecular flexibility index (Phi) is 7.42. The molecular formula is C19H23N3O4. The van der Waals surface area contributed by atoms with E-state index < -0.39 is 4.92 Å². The number of benzene rings is 2. The summed E-state index contributed by atoms with van der Waals surface area (Å²) in [4.78, 5) is 22.3. The molecule has 2 N–H and O–H groups in total. The van der Waals surface area contributed by atoms with E-state index in [0.717, 1.165) is 12.1 Å². The van der Waals surface area contributed by atoms with Crippen LogP contribution in [0.25, 0.3) is 0 Å². The van der Waals surface area contributed by atoms with Crippen molar-refractivity contribution in [2.24, 2.45) is 0 Å². The fourth-order valence-corrected chi connectivity index (χ4v) is 2.30. The van der Waals surface area contributed by atoms with Gasteiger partial charge in [-0.05, 0) is 37.1 Å². The average Bonchev–Trinajstić information content (AvgIpc) is 2.65. The molecule has 1 amide bonds. The van der Waals surface area contributed by atoms with Crippen molar-refractivity contribution < 1.29 is 14.5 Å². The van der Waals surface area contributed by atoms with E-state index in [1.54, 1.807) is 12.1 Å². The lowest BCUT2D eigenvalue weighted by Gasteiger charge is -2.12. The molecule has 0 aliphatic rings. The van der Waals surface area contributed by atoms with Gasteiger partial charge in [-0.2, -0.15) is 0 Å². The van der Waals surface area contributed by atoms with E-state index in [-0.39, 0.29) is 11.6 Å². The summed E-state index contributed by atoms with van der Waals surface area (Å²) in [6, 6.07) is 13.6. The number of ether oxygens (including phenoxy) is 1. The Balaban J connectivity index is 1.74. The molecule has 0 spiro atoms. The van der Waals surface area contributed by atoms with Crippen LogP contribution >= 0.6 is 0 Å². The van der Waals surface area contributed by atoms with Crippen molar-refractivity contribution in [2.45, 2.75) is 26.2 Å². The molecule has 0 atom stereocenters. The fourth-order valence-electron chi connectivity index (χ4n) is 2.30. The molecule has 2 rings (SSSR count). The first-order valence-corrected chi connectivity index (χ1v) is 8.60. The molecule has 0 aromatic heterocycles. The van der Waals surface area contributed by atoms with Crippen LogP contribution in [-0.2, 0) is 4.79 Å². The molecule has 7 heteroatoms. The molecule has 138 valence electrons. The number of nitro benzene ring substituents is 1. The first-order valence-electron chi connectivity index (χ1n) is 8.60. The third-order valence-corrected chi connectivity index (χ3v) is 3.61. The molecule has 2 aromatic rings. The zero-order chi connectivity index (χ0) is 18.8. The van der Waals surface area contributed by atoms with Gasteiger partial charge < -0.3 is 15.4 Å². The summed E-state index contributed by atoms with van der Waals surface area (Å²) in [6.07, 6.45) is 1.90. The van der Waals surface area contributed by atoms with Crippen LogP contribution in [0.5, 0.6) is 5.75 Å². The van der Waals surface area contributed by atoms with Crippen molar-refractivity contribution in [1.82, 2.24) is 0 Å². The summed E-state index contributed by atoms with van der Waals surface area (Å²) in [5, 5.41) is 16.6. The van der Waals surface area contributed by atoms with E-state index >= 15 is 0 Å². The first kappa shape index (κ1) is 19.2. The van der Waals surface area contributed by atoms with Gasteiger partial charge in [-0.3, -0.25) is 14.9 Å². The van der Waals surface area contributed by atoms with E-state index in [2.05, 4.69) is 10.6 Å². The van der Waals surface area contributed by atoms with Crippen molar-refractivity contribution in [1.29, 1.82) is 0 Å². The highest BCUT2D eigenvalue weighted by Crippen LogP contribution is 2.24. The van der Waals surface area contributed by atoms with E-state index in [4.69, 9.17) is 4.74 Å². The number of nitrogens with one attached hydrogen (secondary N) is 2. The molecule has 0 radical (unpaired) electrons. The van der Waals surface area contributed by atoms with E-state index in [1.807, 2.05) is 31.2 Å². The molecule has 0 fully saturated rings. The SMILES string of the molecule is CCCOc1ccccc1NC(=O)CCCNc1ccc([N+](=O)[O-])cc1. The van der Waals surface area contributed by atoms with Gasteiger partial charge in [0.1, 0.15) is 5.75 Å². The molecule has 2 aromatic carbocycles. The zero-order valence-electron chi connectivity index (χ0n) is 14.7. The van der Waals surface area contributed by atoms with Crippen molar-refractivity contribution in [2.75, 3.05) is 23.8 Å². The van der Waals surface area contributed by atoms with Gasteiger partial charge in [-0.1, -0.05) is 19.1 Å². The minimum Gasteiger partial charge on any atom is -0.491 e. The third kappa shape index (κ3) is 6.08. The van der Waals surface area contributed by atoms with Gasteiger partial charge in [0.2, 0.25) is 5.91 Å². The molecule has 0 heterocycles. The fraction of sp³-hybridized carbons (Fsp3) is 0.316. The second-order valence-corrected chi connectivity index (χ2v) is 5.73. The van der Waals surface area contributed by atoms with Crippen molar-refractivity contribution in [3.05, 3.63) is 58.6 Å². The number of hydrogen-bond acceptors (Lipinski definition) is 5. The highest BCUT2D eigenvalue weighted by molar-refractivity contribution is 5.92. The molecule has 0 aliphatic heterocycles. The monoisotopic (exact) mass is 357 g/mol. The second-order valence-electron chi connectivity index (χ2n) is 5.73. The summed E-state index contributed by atoms with van der Waals surface area (Å²) < 4.78 is 5.62. The normalized spacial score (nSPS) is 10.2. The number of anilines is 2. The highest BCUT2D eigenvalue weighted by Gasteiger charge is 2.08. The minimum absolute atomic E-state index is 0.0545. The average molecular weight is 357 g/mol. The van der Waals surface area contributed by atoms with Crippen LogP contribution in [0.4, 0.5) is 17.1 Å². The molecule has 0 unspecified atom stereocenters. The standard InChI is InChI=1S/C19H23N3O4/c1-2-14-26-18-7-4-3-6-17(18)21-19(23)8-5-13-20-15-9-11-16(12-10-15)22(24)25/h3-4,6-7,9-12,20H,2,5,8,13-14H2,1H3,(H,21,23). The molecular weight excluding hydrogens is 334 g/mol. The maximum Gasteiger partial charge on any atom is 0.269 e. The highest BCUT2D eigenvalue weighted by atomic mass is 16.6. The van der Waals surface area contributed by atoms with Crippen molar-refractivity contribution in [3.63, 3.8) is 0 Å². The molecule has 0 aliphatic carbocycles. The lowest BCUT2D eigenvalue weighted by molar-refractivity contribution is -0.384. The maximum absolute atomic E-state index is 12.1. The largest absolute Gasteiger partial charge is 0.491 e. The Morgan fingerprint density at radius 3 is 2.58 bits per heavy atom. The van der Waals surface area contributed by atoms with Gasteiger partial charge in [-0.15, -0.1) is 0 Å². The van der Waals surface area contributed by atoms with Gasteiger partial charge in [0.15, 0.2) is 0 Å². The third-order valence-electron chi connectivity index (χ3n) is 3.61. The molecule has 0 saturated carbocycles. The van der Waals surface area contributed by atoms with Crippen LogP contribution in [0.2, 0.25) is 0 Å². The van der Waals surface area contributed by atoms with Gasteiger partial charge in [-0.25, -0.2) is 0 Å². The summed E-state index contributed by atoms with van der Waals surface area (Å²) in [5.41, 5.74) is 1.52. The Hall–Kier alpha value is -3.09. The maximum atomic E-state index is 12.1. The van der Waals surface area contributed by atoms with Gasteiger partial charge in [0.25, 0.3) is 5.69 Å². The first-order chi connectivity index (χ1) is 12.6. The lowest BCUT2D eigenvalue weighted by atomic mass is 10.2. The van der Waals surface area contributed by atoms with Crippen LogP contribution in [0.3, 0.4) is 0 Å². The predicted molar refractivity (Wildman–Crippen MR) is 102 cm³/mol. The quantitative estimate of drug-likeness (QED) is 0.377. The number of para-hydroxylation sites is 2. The minimum atomic E-state index is -0.434. The number of nitro groups is 1. The number of amides is 1. The summed E-state index contributed by atoms with van der Waals surface area (Å²) >= 11 is 0. The Labute approximate surface area is 152 Å². The topological polar surface area (TPSA) is 93.5 Å². The van der Waals surface area contributed by atoms with Crippen LogP contribution in [0.15, 0.2) is 48.5 Å². The Bertz CT molecular complexity index is 732. The van der Waals surface area contributed by atoms with Crippen LogP contribution < -0.4 is 15.4 Å². The van der Waals surface area contributed by atoms with Crippen LogP contribution in [-0.4, -0.2) is 24.0 Å². The molecule has 0 bridgehead atoms. The Morgan fingerprint density at radius 1 is 1.15 bits per heavy atom. The number of non-ortho nitro benzene ring substituents is 1. The zero-order valence-corrected chi connectivity index (χ0v) is 14.7. The number of rotatable bonds is 10. The van der Waals surface area contributed by atoms with Crippen LogP contribution in [0.1, 0.15) is 26.2 Å². The number of nitrogens with zero attached hydrogens (tertiary/aromatic N) is 1. The second kappa shape index (κ2) is 10.0. The summed E-state index contributed by atoms with van der Waals surface area (Å²) in [7, 11) is 0. The molecule has 26 heavy (non-hydrogen) atoms. The van der Waals surface area contributed by atoms with E-state index in [1.165, 1.54) is 12.1 Å². The summed E-state index contributed by atoms with van der Waals surface area (Å²) in [5.74, 6) is 0.592. The van der Waals surface area contributed by atoms with E-state index in [0.29, 0.717) is 37.4 Å². The number of carbonyl (C=O) groups is 1. The smallest absolute Gasteiger partial charge is 0.269 e. The number of hydrogen-bond donors (Lipinski definition) is 2. The Morgan fingerprint density at radius 2 is 1.88 bits per heavy atom. The van der Waals surface area contributed by atoms with E-state index in [9.17, 15) is 14.9 Å². The van der Waals surface area contributed by atoms with Gasteiger partial charge in [0, 0.05) is 30.8 Å². The molecule has 0 saturated heterocycles. The van der Waals surface area contributed by atoms with Crippen molar-refractivity contribution in [3.8, 4) is 5.75 Å². The molecule has 7 nitrogen and oxygen atoms in total. The van der Waals surface area contributed by atoms with Crippen molar-refractivity contribution >= 4 is 23.0 Å². The predicted octanol–water partition coefficient (Wildman–Crippen LogP) is 4.21. The lowest BCUT2D eigenvalue weighted by Crippen LogP contribution is -2.14.